The first-order valence-electron chi connectivity index (χ1n) is 9.69. The Bertz CT molecular complexity index is 632. The van der Waals surface area contributed by atoms with Gasteiger partial charge in [0.1, 0.15) is 0 Å². The Hall–Kier alpha value is -1.40. The summed E-state index contributed by atoms with van der Waals surface area (Å²) in [5.41, 5.74) is 0. The first-order chi connectivity index (χ1) is 15.3. The third-order valence-electron chi connectivity index (χ3n) is 4.01. The lowest BCUT2D eigenvalue weighted by Gasteiger charge is -2.36. The topological polar surface area (TPSA) is 66.0 Å². The van der Waals surface area contributed by atoms with Gasteiger partial charge in [0.2, 0.25) is 0 Å². The molecule has 0 bridgehead atoms. The maximum absolute atomic E-state index is 13.5. The molecule has 0 saturated heterocycles. The average molecular weight is 547 g/mol. The standard InChI is InChI=1S/C16H24F11NO5Si/c1-4-31-34(32-5-2,33-6-3)9-7-8-28-11(29)30-10-12(17,18)13(19,20)14(21,22)15(23,24)16(25,26)27/h4-10H2,1-3H3,(H,28,29). The molecule has 0 aliphatic carbocycles. The number of nitrogens with one attached hydrogen (secondary N) is 1. The molecule has 18 heteroatoms. The van der Waals surface area contributed by atoms with Crippen molar-refractivity contribution >= 4 is 14.9 Å². The predicted octanol–water partition coefficient (Wildman–Crippen LogP) is 5.25. The Labute approximate surface area is 188 Å². The summed E-state index contributed by atoms with van der Waals surface area (Å²) in [6.45, 7) is 2.32. The summed E-state index contributed by atoms with van der Waals surface area (Å²) < 4.78 is 162. The molecule has 34 heavy (non-hydrogen) atoms. The van der Waals surface area contributed by atoms with E-state index in [-0.39, 0.29) is 38.8 Å². The molecule has 0 atom stereocenters. The lowest BCUT2D eigenvalue weighted by atomic mass is 9.98. The fourth-order valence-corrected chi connectivity index (χ4v) is 5.01. The molecule has 1 N–H and O–H groups in total. The van der Waals surface area contributed by atoms with Gasteiger partial charge in [0.15, 0.2) is 6.61 Å². The van der Waals surface area contributed by atoms with Gasteiger partial charge in [-0.05, 0) is 27.2 Å². The van der Waals surface area contributed by atoms with E-state index in [1.807, 2.05) is 0 Å². The highest BCUT2D eigenvalue weighted by Crippen LogP contribution is 2.57. The average Bonchev–Trinajstić information content (AvgIpc) is 2.69. The van der Waals surface area contributed by atoms with Crippen molar-refractivity contribution in [2.45, 2.75) is 63.1 Å². The van der Waals surface area contributed by atoms with Gasteiger partial charge in [0, 0.05) is 32.4 Å². The van der Waals surface area contributed by atoms with E-state index in [4.69, 9.17) is 13.3 Å². The van der Waals surface area contributed by atoms with Crippen LogP contribution in [0.2, 0.25) is 6.04 Å². The lowest BCUT2D eigenvalue weighted by Crippen LogP contribution is -2.67. The minimum Gasteiger partial charge on any atom is -0.443 e. The third kappa shape index (κ3) is 7.30. The van der Waals surface area contributed by atoms with Gasteiger partial charge in [-0.1, -0.05) is 0 Å². The second-order valence-corrected chi connectivity index (χ2v) is 9.25. The highest BCUT2D eigenvalue weighted by Gasteiger charge is 2.87. The Kier molecular flexibility index (Phi) is 11.5. The van der Waals surface area contributed by atoms with Gasteiger partial charge in [-0.3, -0.25) is 0 Å². The molecule has 6 nitrogen and oxygen atoms in total. The number of halogens is 11. The fourth-order valence-electron chi connectivity index (χ4n) is 2.40. The van der Waals surface area contributed by atoms with Crippen LogP contribution in [0.3, 0.4) is 0 Å². The summed E-state index contributed by atoms with van der Waals surface area (Å²) in [4.78, 5) is 11.4. The molecule has 0 heterocycles. The van der Waals surface area contributed by atoms with Crippen molar-refractivity contribution in [2.24, 2.45) is 0 Å². The van der Waals surface area contributed by atoms with E-state index in [1.54, 1.807) is 26.1 Å². The van der Waals surface area contributed by atoms with Crippen LogP contribution in [-0.4, -0.2) is 77.7 Å². The molecular weight excluding hydrogens is 523 g/mol. The number of hydrogen-bond donors (Lipinski definition) is 1. The van der Waals surface area contributed by atoms with Gasteiger partial charge in [-0.2, -0.15) is 48.3 Å². The molecule has 0 spiro atoms. The largest absolute Gasteiger partial charge is 0.500 e. The van der Waals surface area contributed by atoms with Crippen LogP contribution in [0, 0.1) is 0 Å². The zero-order chi connectivity index (χ0) is 27.1. The van der Waals surface area contributed by atoms with E-state index in [9.17, 15) is 53.1 Å². The van der Waals surface area contributed by atoms with E-state index in [0.29, 0.717) is 0 Å². The molecule has 0 aliphatic rings. The van der Waals surface area contributed by atoms with E-state index in [2.05, 4.69) is 4.74 Å². The summed E-state index contributed by atoms with van der Waals surface area (Å²) in [5.74, 6) is -28.6. The summed E-state index contributed by atoms with van der Waals surface area (Å²) >= 11 is 0. The number of ether oxygens (including phenoxy) is 1. The summed E-state index contributed by atoms with van der Waals surface area (Å²) in [6.07, 6.45) is -9.08. The van der Waals surface area contributed by atoms with Crippen molar-refractivity contribution in [2.75, 3.05) is 33.0 Å². The zero-order valence-electron chi connectivity index (χ0n) is 18.1. The van der Waals surface area contributed by atoms with E-state index in [1.165, 1.54) is 0 Å². The van der Waals surface area contributed by atoms with Gasteiger partial charge in [-0.15, -0.1) is 0 Å². The first kappa shape index (κ1) is 32.6. The summed E-state index contributed by atoms with van der Waals surface area (Å²) in [7, 11) is -3.15. The number of alkyl halides is 11. The van der Waals surface area contributed by atoms with Crippen LogP contribution < -0.4 is 5.32 Å². The van der Waals surface area contributed by atoms with Crippen LogP contribution in [0.25, 0.3) is 0 Å². The Morgan fingerprint density at radius 1 is 0.735 bits per heavy atom. The number of amides is 1. The lowest BCUT2D eigenvalue weighted by molar-refractivity contribution is -0.423. The molecule has 0 aromatic rings. The predicted molar refractivity (Wildman–Crippen MR) is 95.2 cm³/mol. The molecule has 0 fully saturated rings. The molecule has 204 valence electrons. The molecule has 0 unspecified atom stereocenters. The Morgan fingerprint density at radius 3 is 1.56 bits per heavy atom. The van der Waals surface area contributed by atoms with Gasteiger partial charge >= 0.3 is 44.8 Å². The number of alkyl carbamates (subject to hydrolysis) is 1. The van der Waals surface area contributed by atoms with Crippen molar-refractivity contribution < 1.29 is 71.1 Å². The van der Waals surface area contributed by atoms with Crippen molar-refractivity contribution in [3.8, 4) is 0 Å². The van der Waals surface area contributed by atoms with E-state index in [0.717, 1.165) is 0 Å². The van der Waals surface area contributed by atoms with Crippen molar-refractivity contribution in [1.29, 1.82) is 0 Å². The van der Waals surface area contributed by atoms with Crippen LogP contribution in [0.4, 0.5) is 53.1 Å². The molecule has 0 saturated carbocycles. The summed E-state index contributed by atoms with van der Waals surface area (Å²) in [6, 6.07) is 0.107. The van der Waals surface area contributed by atoms with Crippen LogP contribution >= 0.6 is 0 Å². The molecule has 0 aliphatic heterocycles. The molecule has 0 aromatic heterocycles. The molecule has 0 rings (SSSR count). The van der Waals surface area contributed by atoms with Crippen LogP contribution in [0.15, 0.2) is 0 Å². The van der Waals surface area contributed by atoms with Crippen LogP contribution in [0.1, 0.15) is 27.2 Å². The quantitative estimate of drug-likeness (QED) is 0.172. The maximum atomic E-state index is 13.5. The molecule has 0 radical (unpaired) electrons. The number of rotatable bonds is 15. The Morgan fingerprint density at radius 2 is 1.18 bits per heavy atom. The second kappa shape index (κ2) is 12.0. The third-order valence-corrected chi connectivity index (χ3v) is 7.16. The van der Waals surface area contributed by atoms with Crippen LogP contribution in [-0.2, 0) is 18.0 Å². The van der Waals surface area contributed by atoms with Crippen molar-refractivity contribution in [1.82, 2.24) is 5.32 Å². The van der Waals surface area contributed by atoms with Gasteiger partial charge in [-0.25, -0.2) is 4.79 Å². The van der Waals surface area contributed by atoms with Gasteiger partial charge in [0.25, 0.3) is 0 Å². The number of carbonyl (C=O) groups is 1. The Balaban J connectivity index is 5.04. The number of hydrogen-bond acceptors (Lipinski definition) is 5. The van der Waals surface area contributed by atoms with E-state index >= 15 is 0 Å². The fraction of sp³-hybridized carbons (Fsp3) is 0.938. The highest BCUT2D eigenvalue weighted by molar-refractivity contribution is 6.60. The number of carbonyl (C=O) groups excluding carboxylic acids is 1. The normalized spacial score (nSPS) is 14.3. The molecular formula is C16H24F11NO5Si. The van der Waals surface area contributed by atoms with Crippen molar-refractivity contribution in [3.05, 3.63) is 0 Å². The van der Waals surface area contributed by atoms with Crippen LogP contribution in [0.5, 0.6) is 0 Å². The van der Waals surface area contributed by atoms with E-state index < -0.39 is 51.4 Å². The minimum absolute atomic E-state index is 0.0315. The SMILES string of the molecule is CCO[Si](CCCNC(=O)OCC(F)(F)C(F)(F)C(F)(F)C(F)(F)C(F)(F)F)(OCC)OCC. The smallest absolute Gasteiger partial charge is 0.443 e. The van der Waals surface area contributed by atoms with Crippen molar-refractivity contribution in [3.63, 3.8) is 0 Å². The first-order valence-corrected chi connectivity index (χ1v) is 11.6. The summed E-state index contributed by atoms with van der Waals surface area (Å²) in [5, 5.41) is 1.80. The maximum Gasteiger partial charge on any atom is 0.500 e. The second-order valence-electron chi connectivity index (χ2n) is 6.51. The monoisotopic (exact) mass is 547 g/mol. The van der Waals surface area contributed by atoms with Gasteiger partial charge in [0.05, 0.1) is 0 Å². The minimum atomic E-state index is -7.56. The zero-order valence-corrected chi connectivity index (χ0v) is 19.1. The highest BCUT2D eigenvalue weighted by atomic mass is 28.4. The molecule has 1 amide bonds. The van der Waals surface area contributed by atoms with Gasteiger partial charge < -0.3 is 23.3 Å². The molecule has 0 aromatic carbocycles.